The predicted molar refractivity (Wildman–Crippen MR) is 86.8 cm³/mol. The Kier molecular flexibility index (Phi) is 9.55. The largest absolute Gasteiger partial charge is 0.415 e. The first-order chi connectivity index (χ1) is 8.83. The van der Waals surface area contributed by atoms with Gasteiger partial charge in [0.15, 0.2) is 0 Å². The minimum absolute atomic E-state index is 0.742. The third-order valence-electron chi connectivity index (χ3n) is 2.50. The van der Waals surface area contributed by atoms with Gasteiger partial charge in [-0.1, -0.05) is 12.2 Å². The van der Waals surface area contributed by atoms with E-state index in [1.807, 2.05) is 12.2 Å². The van der Waals surface area contributed by atoms with Crippen molar-refractivity contribution in [3.63, 3.8) is 0 Å². The minimum atomic E-state index is -2.07. The number of unbranched alkanes of at least 4 members (excludes halogenated alkanes) is 2. The van der Waals surface area contributed by atoms with E-state index in [4.69, 9.17) is 13.0 Å². The molecule has 0 aliphatic rings. The molecule has 19 heavy (non-hydrogen) atoms. The quantitative estimate of drug-likeness (QED) is 0.304. The first-order valence-corrected chi connectivity index (χ1v) is 12.7. The van der Waals surface area contributed by atoms with E-state index >= 15 is 0 Å². The molecule has 5 heteroatoms. The maximum absolute atomic E-state index is 6.17. The molecule has 0 amide bonds. The van der Waals surface area contributed by atoms with Crippen LogP contribution < -0.4 is 0 Å². The zero-order valence-corrected chi connectivity index (χ0v) is 15.0. The second kappa shape index (κ2) is 9.66. The van der Waals surface area contributed by atoms with Crippen molar-refractivity contribution in [2.45, 2.75) is 51.9 Å². The molecule has 0 heterocycles. The third kappa shape index (κ3) is 11.3. The van der Waals surface area contributed by atoms with Crippen LogP contribution in [-0.2, 0) is 13.0 Å². The van der Waals surface area contributed by atoms with Crippen molar-refractivity contribution in [1.82, 2.24) is 0 Å². The van der Waals surface area contributed by atoms with Crippen LogP contribution in [0.1, 0.15) is 25.7 Å². The topological polar surface area (TPSA) is 27.7 Å². The van der Waals surface area contributed by atoms with E-state index in [0.29, 0.717) is 0 Å². The Balaban J connectivity index is 3.99. The maximum atomic E-state index is 6.17. The fourth-order valence-electron chi connectivity index (χ4n) is 1.74. The van der Waals surface area contributed by atoms with E-state index in [9.17, 15) is 0 Å². The molecule has 0 aliphatic heterocycles. The molecule has 0 aliphatic carbocycles. The molecule has 0 saturated carbocycles. The lowest BCUT2D eigenvalue weighted by Gasteiger charge is -2.32. The molecule has 0 radical (unpaired) electrons. The highest BCUT2D eigenvalue weighted by Gasteiger charge is 2.36. The highest BCUT2D eigenvalue weighted by atomic mass is 28.5. The monoisotopic (exact) mass is 302 g/mol. The summed E-state index contributed by atoms with van der Waals surface area (Å²) in [6.45, 7) is 17.2. The molecule has 0 unspecified atom stereocenters. The molecule has 0 atom stereocenters. The van der Waals surface area contributed by atoms with E-state index in [1.165, 1.54) is 0 Å². The van der Waals surface area contributed by atoms with Crippen molar-refractivity contribution >= 4 is 17.1 Å². The van der Waals surface area contributed by atoms with Gasteiger partial charge in [0.1, 0.15) is 0 Å². The molecular formula is C14H30O3Si2. The van der Waals surface area contributed by atoms with Crippen LogP contribution >= 0.6 is 0 Å². The van der Waals surface area contributed by atoms with Crippen molar-refractivity contribution in [1.29, 1.82) is 0 Å². The molecule has 0 spiro atoms. The first kappa shape index (κ1) is 18.8. The van der Waals surface area contributed by atoms with Gasteiger partial charge in [0.05, 0.1) is 0 Å². The molecule has 0 aromatic heterocycles. The Labute approximate surface area is 121 Å². The van der Waals surface area contributed by atoms with Gasteiger partial charge in [-0.05, 0) is 51.9 Å². The lowest BCUT2D eigenvalue weighted by atomic mass is 10.3. The van der Waals surface area contributed by atoms with Gasteiger partial charge in [0.2, 0.25) is 0 Å². The van der Waals surface area contributed by atoms with Gasteiger partial charge in [-0.2, -0.15) is 0 Å². The van der Waals surface area contributed by atoms with Gasteiger partial charge < -0.3 is 13.0 Å². The van der Waals surface area contributed by atoms with Crippen LogP contribution in [-0.4, -0.2) is 30.3 Å². The van der Waals surface area contributed by atoms with Gasteiger partial charge in [0, 0.05) is 13.2 Å². The Hall–Kier alpha value is -0.206. The van der Waals surface area contributed by atoms with E-state index < -0.39 is 17.1 Å². The minimum Gasteiger partial charge on any atom is -0.415 e. The third-order valence-corrected chi connectivity index (χ3v) is 8.23. The highest BCUT2D eigenvalue weighted by molar-refractivity contribution is 6.78. The van der Waals surface area contributed by atoms with E-state index in [2.05, 4.69) is 39.3 Å². The van der Waals surface area contributed by atoms with Crippen LogP contribution in [0.25, 0.3) is 0 Å². The summed E-state index contributed by atoms with van der Waals surface area (Å²) in [4.78, 5) is 0. The molecule has 0 fully saturated rings. The fraction of sp³-hybridized carbons (Fsp3) is 0.714. The molecule has 0 aromatic carbocycles. The summed E-state index contributed by atoms with van der Waals surface area (Å²) in [6.07, 6.45) is 7.82. The van der Waals surface area contributed by atoms with Gasteiger partial charge in [-0.3, -0.25) is 0 Å². The SMILES string of the molecule is C=CCCCO[Si](C)(C)O[Si](C)(C)OCCCC=C. The smallest absolute Gasteiger partial charge is 0.322 e. The van der Waals surface area contributed by atoms with Crippen molar-refractivity contribution in [3.05, 3.63) is 25.3 Å². The van der Waals surface area contributed by atoms with Gasteiger partial charge in [-0.15, -0.1) is 13.2 Å². The molecule has 0 rings (SSSR count). The zero-order chi connectivity index (χ0) is 14.8. The molecule has 0 N–H and O–H groups in total. The number of hydrogen-bond donors (Lipinski definition) is 0. The van der Waals surface area contributed by atoms with Crippen molar-refractivity contribution in [2.75, 3.05) is 13.2 Å². The number of allylic oxidation sites excluding steroid dienone is 2. The zero-order valence-electron chi connectivity index (χ0n) is 13.0. The Morgan fingerprint density at radius 3 is 1.47 bits per heavy atom. The number of rotatable bonds is 12. The average Bonchev–Trinajstić information content (AvgIpc) is 2.29. The first-order valence-electron chi connectivity index (χ1n) is 7.03. The normalized spacial score (nSPS) is 12.4. The van der Waals surface area contributed by atoms with Gasteiger partial charge in [-0.25, -0.2) is 0 Å². The molecule has 0 saturated heterocycles. The molecule has 0 bridgehead atoms. The lowest BCUT2D eigenvalue weighted by molar-refractivity contribution is 0.193. The second-order valence-electron chi connectivity index (χ2n) is 5.46. The summed E-state index contributed by atoms with van der Waals surface area (Å²) in [6, 6.07) is 0. The highest BCUT2D eigenvalue weighted by Crippen LogP contribution is 2.17. The predicted octanol–water partition coefficient (Wildman–Crippen LogP) is 4.37. The fourth-order valence-corrected chi connectivity index (χ4v) is 8.22. The summed E-state index contributed by atoms with van der Waals surface area (Å²) >= 11 is 0. The van der Waals surface area contributed by atoms with Crippen LogP contribution in [0.3, 0.4) is 0 Å². The summed E-state index contributed by atoms with van der Waals surface area (Å²) in [5.74, 6) is 0. The lowest BCUT2D eigenvalue weighted by Crippen LogP contribution is -2.48. The van der Waals surface area contributed by atoms with Gasteiger partial charge in [0.25, 0.3) is 0 Å². The molecule has 112 valence electrons. The van der Waals surface area contributed by atoms with E-state index in [1.54, 1.807) is 0 Å². The summed E-state index contributed by atoms with van der Waals surface area (Å²) in [7, 11) is -4.15. The van der Waals surface area contributed by atoms with Crippen molar-refractivity contribution in [2.24, 2.45) is 0 Å². The van der Waals surface area contributed by atoms with Crippen molar-refractivity contribution < 1.29 is 13.0 Å². The number of hydrogen-bond acceptors (Lipinski definition) is 3. The Morgan fingerprint density at radius 2 is 1.16 bits per heavy atom. The Morgan fingerprint density at radius 1 is 0.789 bits per heavy atom. The Bertz CT molecular complexity index is 239. The molecule has 0 aromatic rings. The van der Waals surface area contributed by atoms with E-state index in [0.717, 1.165) is 38.9 Å². The van der Waals surface area contributed by atoms with Crippen LogP contribution in [0.2, 0.25) is 26.2 Å². The molecular weight excluding hydrogens is 272 g/mol. The van der Waals surface area contributed by atoms with Crippen LogP contribution in [0, 0.1) is 0 Å². The van der Waals surface area contributed by atoms with Crippen LogP contribution in [0.5, 0.6) is 0 Å². The van der Waals surface area contributed by atoms with E-state index in [-0.39, 0.29) is 0 Å². The summed E-state index contributed by atoms with van der Waals surface area (Å²) in [5, 5.41) is 0. The summed E-state index contributed by atoms with van der Waals surface area (Å²) in [5.41, 5.74) is 0. The second-order valence-corrected chi connectivity index (χ2v) is 12.5. The van der Waals surface area contributed by atoms with Crippen molar-refractivity contribution in [3.8, 4) is 0 Å². The molecule has 3 nitrogen and oxygen atoms in total. The average molecular weight is 303 g/mol. The van der Waals surface area contributed by atoms with Gasteiger partial charge >= 0.3 is 17.1 Å². The maximum Gasteiger partial charge on any atom is 0.322 e. The van der Waals surface area contributed by atoms with Crippen LogP contribution in [0.4, 0.5) is 0 Å². The standard InChI is InChI=1S/C14H30O3Si2/c1-7-9-11-13-15-18(3,4)17-19(5,6)16-14-12-10-8-2/h7-8H,1-2,9-14H2,3-6H3. The summed E-state index contributed by atoms with van der Waals surface area (Å²) < 4.78 is 18.0. The van der Waals surface area contributed by atoms with Crippen LogP contribution in [0.15, 0.2) is 25.3 Å².